The minimum absolute atomic E-state index is 0.155. The predicted octanol–water partition coefficient (Wildman–Crippen LogP) is 4.16. The largest absolute Gasteiger partial charge is 0.494 e. The van der Waals surface area contributed by atoms with Gasteiger partial charge in [0, 0.05) is 18.8 Å². The Balaban J connectivity index is 1.91. The summed E-state index contributed by atoms with van der Waals surface area (Å²) in [7, 11) is -2.37. The van der Waals surface area contributed by atoms with Gasteiger partial charge in [-0.2, -0.15) is 0 Å². The first-order valence-electron chi connectivity index (χ1n) is 9.10. The Morgan fingerprint density at radius 2 is 1.66 bits per heavy atom. The van der Waals surface area contributed by atoms with Gasteiger partial charge in [0.15, 0.2) is 0 Å². The topological polar surface area (TPSA) is 75.7 Å². The molecule has 6 nitrogen and oxygen atoms in total. The van der Waals surface area contributed by atoms with Crippen LogP contribution >= 0.6 is 0 Å². The fourth-order valence-corrected chi connectivity index (χ4v) is 4.08. The summed E-state index contributed by atoms with van der Waals surface area (Å²) < 4.78 is 32.5. The Labute approximate surface area is 170 Å². The molecular weight excluding hydrogens is 388 g/mol. The highest BCUT2D eigenvalue weighted by Crippen LogP contribution is 2.27. The highest BCUT2D eigenvalue weighted by molar-refractivity contribution is 7.92. The number of hydrogen-bond acceptors (Lipinski definition) is 4. The normalized spacial score (nSPS) is 11.0. The summed E-state index contributed by atoms with van der Waals surface area (Å²) in [5.41, 5.74) is 1.09. The number of amides is 1. The van der Waals surface area contributed by atoms with Crippen LogP contribution in [0.5, 0.6) is 5.75 Å². The van der Waals surface area contributed by atoms with Gasteiger partial charge in [-0.05, 0) is 43.3 Å². The van der Waals surface area contributed by atoms with Crippen LogP contribution in [0.1, 0.15) is 17.3 Å². The van der Waals surface area contributed by atoms with E-state index in [1.807, 2.05) is 6.92 Å². The van der Waals surface area contributed by atoms with Crippen molar-refractivity contribution in [1.82, 2.24) is 0 Å². The number of rotatable bonds is 7. The molecule has 0 atom stereocenters. The van der Waals surface area contributed by atoms with E-state index in [0.29, 0.717) is 18.0 Å². The van der Waals surface area contributed by atoms with E-state index in [2.05, 4.69) is 5.32 Å². The summed E-state index contributed by atoms with van der Waals surface area (Å²) in [6.45, 7) is 2.40. The summed E-state index contributed by atoms with van der Waals surface area (Å²) in [5.74, 6) is 0.228. The predicted molar refractivity (Wildman–Crippen MR) is 114 cm³/mol. The lowest BCUT2D eigenvalue weighted by atomic mass is 10.1. The Kier molecular flexibility index (Phi) is 6.19. The molecule has 1 amide bonds. The molecule has 0 aliphatic rings. The minimum Gasteiger partial charge on any atom is -0.494 e. The first-order valence-corrected chi connectivity index (χ1v) is 10.5. The highest BCUT2D eigenvalue weighted by atomic mass is 32.2. The molecule has 150 valence electrons. The second-order valence-electron chi connectivity index (χ2n) is 6.22. The number of hydrogen-bond donors (Lipinski definition) is 1. The van der Waals surface area contributed by atoms with E-state index in [4.69, 9.17) is 4.74 Å². The van der Waals surface area contributed by atoms with Gasteiger partial charge in [0.25, 0.3) is 15.9 Å². The molecule has 0 aliphatic carbocycles. The van der Waals surface area contributed by atoms with E-state index >= 15 is 0 Å². The molecule has 1 N–H and O–H groups in total. The molecule has 3 aromatic carbocycles. The SMILES string of the molecule is CCOc1cccc(NC(=O)c2ccccc2N(C)S(=O)(=O)c2ccccc2)c1. The quantitative estimate of drug-likeness (QED) is 0.635. The standard InChI is InChI=1S/C22H22N2O4S/c1-3-28-18-11-9-10-17(16-18)23-22(25)20-14-7-8-15-21(20)24(2)29(26,27)19-12-5-4-6-13-19/h4-16H,3H2,1-2H3,(H,23,25). The maximum atomic E-state index is 13.0. The van der Waals surface area contributed by atoms with Crippen molar-refractivity contribution in [2.75, 3.05) is 23.3 Å². The zero-order valence-corrected chi connectivity index (χ0v) is 17.0. The summed E-state index contributed by atoms with van der Waals surface area (Å²) in [6, 6.07) is 21.7. The van der Waals surface area contributed by atoms with Crippen LogP contribution in [0, 0.1) is 0 Å². The molecule has 0 aromatic heterocycles. The lowest BCUT2D eigenvalue weighted by Gasteiger charge is -2.22. The van der Waals surface area contributed by atoms with Crippen molar-refractivity contribution < 1.29 is 17.9 Å². The molecule has 29 heavy (non-hydrogen) atoms. The van der Waals surface area contributed by atoms with Gasteiger partial charge in [0.1, 0.15) is 5.75 Å². The van der Waals surface area contributed by atoms with Crippen LogP contribution in [0.4, 0.5) is 11.4 Å². The lowest BCUT2D eigenvalue weighted by molar-refractivity contribution is 0.102. The van der Waals surface area contributed by atoms with Gasteiger partial charge in [-0.1, -0.05) is 36.4 Å². The third-order valence-corrected chi connectivity index (χ3v) is 6.08. The summed E-state index contributed by atoms with van der Waals surface area (Å²) in [5, 5.41) is 2.80. The molecule has 0 heterocycles. The maximum absolute atomic E-state index is 13.0. The molecule has 3 rings (SSSR count). The van der Waals surface area contributed by atoms with Crippen molar-refractivity contribution in [2.24, 2.45) is 0 Å². The molecule has 0 aliphatic heterocycles. The monoisotopic (exact) mass is 410 g/mol. The molecule has 0 fully saturated rings. The van der Waals surface area contributed by atoms with Gasteiger partial charge in [-0.15, -0.1) is 0 Å². The number of nitrogens with one attached hydrogen (secondary N) is 1. The average Bonchev–Trinajstić information content (AvgIpc) is 2.74. The number of sulfonamides is 1. The fourth-order valence-electron chi connectivity index (χ4n) is 2.85. The number of carbonyl (C=O) groups is 1. The van der Waals surface area contributed by atoms with Crippen LogP contribution in [0.3, 0.4) is 0 Å². The fraction of sp³-hybridized carbons (Fsp3) is 0.136. The summed E-state index contributed by atoms with van der Waals surface area (Å²) >= 11 is 0. The van der Waals surface area contributed by atoms with E-state index < -0.39 is 15.9 Å². The van der Waals surface area contributed by atoms with Crippen LogP contribution < -0.4 is 14.4 Å². The molecule has 3 aromatic rings. The third kappa shape index (κ3) is 4.57. The van der Waals surface area contributed by atoms with Gasteiger partial charge in [-0.3, -0.25) is 9.10 Å². The molecule has 0 saturated heterocycles. The second-order valence-corrected chi connectivity index (χ2v) is 8.19. The van der Waals surface area contributed by atoms with Crippen LogP contribution in [-0.2, 0) is 10.0 Å². The first-order chi connectivity index (χ1) is 13.9. The van der Waals surface area contributed by atoms with Gasteiger partial charge < -0.3 is 10.1 Å². The number of carbonyl (C=O) groups excluding carboxylic acids is 1. The van der Waals surface area contributed by atoms with Crippen molar-refractivity contribution in [3.63, 3.8) is 0 Å². The Bertz CT molecular complexity index is 1100. The molecule has 0 bridgehead atoms. The number of ether oxygens (including phenoxy) is 1. The number of para-hydroxylation sites is 1. The van der Waals surface area contributed by atoms with Crippen molar-refractivity contribution in [3.8, 4) is 5.75 Å². The summed E-state index contributed by atoms with van der Waals surface area (Å²) in [4.78, 5) is 13.1. The zero-order chi connectivity index (χ0) is 20.9. The van der Waals surface area contributed by atoms with E-state index in [1.54, 1.807) is 66.7 Å². The molecular formula is C22H22N2O4S. The maximum Gasteiger partial charge on any atom is 0.264 e. The Morgan fingerprint density at radius 3 is 2.38 bits per heavy atom. The average molecular weight is 410 g/mol. The molecule has 0 unspecified atom stereocenters. The van der Waals surface area contributed by atoms with Gasteiger partial charge in [0.05, 0.1) is 22.8 Å². The second kappa shape index (κ2) is 8.79. The van der Waals surface area contributed by atoms with Gasteiger partial charge in [-0.25, -0.2) is 8.42 Å². The van der Waals surface area contributed by atoms with E-state index in [1.165, 1.54) is 19.2 Å². The van der Waals surface area contributed by atoms with E-state index in [0.717, 1.165) is 4.31 Å². The van der Waals surface area contributed by atoms with Gasteiger partial charge in [0.2, 0.25) is 0 Å². The van der Waals surface area contributed by atoms with Crippen LogP contribution in [-0.4, -0.2) is 28.0 Å². The van der Waals surface area contributed by atoms with Crippen LogP contribution in [0.15, 0.2) is 83.8 Å². The van der Waals surface area contributed by atoms with Crippen molar-refractivity contribution in [1.29, 1.82) is 0 Å². The van der Waals surface area contributed by atoms with E-state index in [9.17, 15) is 13.2 Å². The van der Waals surface area contributed by atoms with Crippen molar-refractivity contribution >= 4 is 27.3 Å². The first kappa shape index (κ1) is 20.4. The minimum atomic E-state index is -3.80. The molecule has 0 radical (unpaired) electrons. The molecule has 0 saturated carbocycles. The van der Waals surface area contributed by atoms with Crippen molar-refractivity contribution in [2.45, 2.75) is 11.8 Å². The lowest BCUT2D eigenvalue weighted by Crippen LogP contribution is -2.29. The number of anilines is 2. The van der Waals surface area contributed by atoms with Crippen molar-refractivity contribution in [3.05, 3.63) is 84.4 Å². The molecule has 0 spiro atoms. The highest BCUT2D eigenvalue weighted by Gasteiger charge is 2.24. The third-order valence-electron chi connectivity index (χ3n) is 4.29. The zero-order valence-electron chi connectivity index (χ0n) is 16.2. The molecule has 7 heteroatoms. The number of nitrogens with zero attached hydrogens (tertiary/aromatic N) is 1. The van der Waals surface area contributed by atoms with Gasteiger partial charge >= 0.3 is 0 Å². The number of benzene rings is 3. The van der Waals surface area contributed by atoms with Crippen LogP contribution in [0.25, 0.3) is 0 Å². The summed E-state index contributed by atoms with van der Waals surface area (Å²) in [6.07, 6.45) is 0. The van der Waals surface area contributed by atoms with Crippen LogP contribution in [0.2, 0.25) is 0 Å². The Morgan fingerprint density at radius 1 is 0.966 bits per heavy atom. The Hall–Kier alpha value is -3.32. The smallest absolute Gasteiger partial charge is 0.264 e. The van der Waals surface area contributed by atoms with E-state index in [-0.39, 0.29) is 16.1 Å².